The van der Waals surface area contributed by atoms with Crippen molar-refractivity contribution < 1.29 is 72.8 Å². The zero-order chi connectivity index (χ0) is 0. The molecule has 0 bridgehead atoms. The summed E-state index contributed by atoms with van der Waals surface area (Å²) < 4.78 is 0. The van der Waals surface area contributed by atoms with Gasteiger partial charge in [-0.2, -0.15) is 0 Å². The molecular weight excluding hydrogens is 326 g/mol. The van der Waals surface area contributed by atoms with Gasteiger partial charge < -0.3 is 0 Å². The summed E-state index contributed by atoms with van der Waals surface area (Å²) in [7, 11) is 0. The Morgan fingerprint density at radius 1 is 1.00 bits per heavy atom. The molecule has 0 unspecified atom stereocenters. The first kappa shape index (κ1) is 33.8. The standard InChI is InChI=1S/Co.Cu.Rh.Ru. The zero-order valence-corrected chi connectivity index (χ0v) is 6.68. The van der Waals surface area contributed by atoms with Crippen molar-refractivity contribution in [1.29, 1.82) is 0 Å². The van der Waals surface area contributed by atoms with E-state index in [0.29, 0.717) is 0 Å². The second-order valence-electron chi connectivity index (χ2n) is 0. The minimum Gasteiger partial charge on any atom is 0 e. The molecule has 0 spiro atoms. The Bertz CT molecular complexity index is 8.00. The van der Waals surface area contributed by atoms with Crippen LogP contribution in [0.5, 0.6) is 0 Å². The van der Waals surface area contributed by atoms with Gasteiger partial charge in [0.05, 0.1) is 0 Å². The normalized spacial score (nSPS) is 0. The summed E-state index contributed by atoms with van der Waals surface area (Å²) in [5.41, 5.74) is 0. The topological polar surface area (TPSA) is 0 Å². The molecule has 0 saturated carbocycles. The van der Waals surface area contributed by atoms with Gasteiger partial charge in [0.2, 0.25) is 0 Å². The van der Waals surface area contributed by atoms with Crippen molar-refractivity contribution in [3.63, 3.8) is 0 Å². The summed E-state index contributed by atoms with van der Waals surface area (Å²) in [6.07, 6.45) is 0. The molecule has 0 saturated heterocycles. The van der Waals surface area contributed by atoms with Crippen molar-refractivity contribution in [2.45, 2.75) is 0 Å². The number of hydrogen-bond donors (Lipinski definition) is 0. The van der Waals surface area contributed by atoms with Crippen LogP contribution in [0.2, 0.25) is 0 Å². The van der Waals surface area contributed by atoms with Crippen LogP contribution in [0, 0.1) is 0 Å². The zero-order valence-electron chi connectivity index (χ0n) is 1.32. The number of hydrogen-bond acceptors (Lipinski definition) is 0. The summed E-state index contributed by atoms with van der Waals surface area (Å²) in [6, 6.07) is 0. The van der Waals surface area contributed by atoms with Crippen LogP contribution in [0.15, 0.2) is 0 Å². The van der Waals surface area contributed by atoms with Gasteiger partial charge >= 0.3 is 0 Å². The molecule has 0 rings (SSSR count). The quantitative estimate of drug-likeness (QED) is 0.550. The van der Waals surface area contributed by atoms with Crippen LogP contribution in [-0.2, 0) is 72.8 Å². The third kappa shape index (κ3) is 8.86. The average molecular weight is 326 g/mol. The minimum absolute atomic E-state index is 0. The fraction of sp³-hybridized carbons (Fsp3) is 0. The van der Waals surface area contributed by atoms with E-state index in [2.05, 4.69) is 0 Å². The Hall–Kier alpha value is 2.27. The Balaban J connectivity index is 0. The molecule has 3 radical (unpaired) electrons. The van der Waals surface area contributed by atoms with Gasteiger partial charge in [-0.15, -0.1) is 0 Å². The Kier molecular flexibility index (Phi) is 157. The second-order valence-corrected chi connectivity index (χ2v) is 0. The molecule has 0 heterocycles. The molecular formula is CoCuRhRu. The van der Waals surface area contributed by atoms with Crippen molar-refractivity contribution in [3.8, 4) is 0 Å². The van der Waals surface area contributed by atoms with E-state index in [1.54, 1.807) is 0 Å². The fourth-order valence-corrected chi connectivity index (χ4v) is 0. The van der Waals surface area contributed by atoms with Crippen molar-refractivity contribution >= 4 is 0 Å². The molecule has 37 valence electrons. The van der Waals surface area contributed by atoms with Gasteiger partial charge in [-0.05, 0) is 0 Å². The van der Waals surface area contributed by atoms with Gasteiger partial charge in [0.15, 0.2) is 0 Å². The first-order chi connectivity index (χ1) is 0. The summed E-state index contributed by atoms with van der Waals surface area (Å²) in [6.45, 7) is 0. The van der Waals surface area contributed by atoms with E-state index >= 15 is 0 Å². The third-order valence-electron chi connectivity index (χ3n) is 0. The van der Waals surface area contributed by atoms with E-state index in [-0.39, 0.29) is 72.8 Å². The predicted molar refractivity (Wildman–Crippen MR) is 0 cm³/mol. The van der Waals surface area contributed by atoms with E-state index < -0.39 is 0 Å². The van der Waals surface area contributed by atoms with Crippen LogP contribution in [0.4, 0.5) is 0 Å². The van der Waals surface area contributed by atoms with E-state index in [1.165, 1.54) is 0 Å². The van der Waals surface area contributed by atoms with Gasteiger partial charge in [-0.1, -0.05) is 0 Å². The van der Waals surface area contributed by atoms with Gasteiger partial charge in [0.1, 0.15) is 0 Å². The molecule has 0 aliphatic carbocycles. The molecule has 0 nitrogen and oxygen atoms in total. The Morgan fingerprint density at radius 2 is 1.00 bits per heavy atom. The third-order valence-corrected chi connectivity index (χ3v) is 0. The van der Waals surface area contributed by atoms with Crippen LogP contribution in [0.3, 0.4) is 0 Å². The molecule has 0 fully saturated rings. The molecule has 0 aliphatic heterocycles. The molecule has 0 atom stereocenters. The predicted octanol–water partition coefficient (Wildman–Crippen LogP) is -0.0100. The molecule has 0 aromatic carbocycles. The summed E-state index contributed by atoms with van der Waals surface area (Å²) >= 11 is 0. The molecule has 0 aromatic heterocycles. The summed E-state index contributed by atoms with van der Waals surface area (Å²) in [5, 5.41) is 0. The van der Waals surface area contributed by atoms with Crippen LogP contribution in [0.1, 0.15) is 0 Å². The van der Waals surface area contributed by atoms with E-state index in [0.717, 1.165) is 0 Å². The van der Waals surface area contributed by atoms with Crippen LogP contribution in [0.25, 0.3) is 0 Å². The molecule has 0 N–H and O–H groups in total. The maximum absolute atomic E-state index is 0. The number of rotatable bonds is 0. The van der Waals surface area contributed by atoms with Crippen molar-refractivity contribution in [2.24, 2.45) is 0 Å². The average Bonchev–Trinajstić information content (AvgIpc) is 0. The van der Waals surface area contributed by atoms with Gasteiger partial charge in [0, 0.05) is 72.8 Å². The van der Waals surface area contributed by atoms with Crippen molar-refractivity contribution in [1.82, 2.24) is 0 Å². The molecule has 4 heavy (non-hydrogen) atoms. The van der Waals surface area contributed by atoms with Crippen LogP contribution < -0.4 is 0 Å². The van der Waals surface area contributed by atoms with E-state index in [1.807, 2.05) is 0 Å². The van der Waals surface area contributed by atoms with Crippen LogP contribution in [-0.4, -0.2) is 0 Å². The smallest absolute Gasteiger partial charge is 0 e. The molecule has 0 amide bonds. The van der Waals surface area contributed by atoms with Crippen LogP contribution >= 0.6 is 0 Å². The summed E-state index contributed by atoms with van der Waals surface area (Å²) in [4.78, 5) is 0. The molecule has 0 aromatic rings. The van der Waals surface area contributed by atoms with Crippen molar-refractivity contribution in [2.75, 3.05) is 0 Å². The maximum atomic E-state index is 0. The maximum Gasteiger partial charge on any atom is 0 e. The Morgan fingerprint density at radius 3 is 1.00 bits per heavy atom. The van der Waals surface area contributed by atoms with Crippen molar-refractivity contribution in [3.05, 3.63) is 0 Å². The van der Waals surface area contributed by atoms with E-state index in [9.17, 15) is 0 Å². The summed E-state index contributed by atoms with van der Waals surface area (Å²) in [5.74, 6) is 0. The minimum atomic E-state index is 0. The largest absolute Gasteiger partial charge is 0 e. The Labute approximate surface area is 72.1 Å². The molecule has 4 heteroatoms. The van der Waals surface area contributed by atoms with Gasteiger partial charge in [-0.3, -0.25) is 0 Å². The van der Waals surface area contributed by atoms with Gasteiger partial charge in [-0.25, -0.2) is 0 Å². The first-order valence-corrected chi connectivity index (χ1v) is 0. The first-order valence-electron chi connectivity index (χ1n) is 0. The monoisotopic (exact) mass is 327 g/mol. The molecule has 0 aliphatic rings. The second kappa shape index (κ2) is 18.6. The fourth-order valence-electron chi connectivity index (χ4n) is 0. The SMILES string of the molecule is [Co].[Cu].[Rh].[Ru]. The van der Waals surface area contributed by atoms with Gasteiger partial charge in [0.25, 0.3) is 0 Å². The van der Waals surface area contributed by atoms with E-state index in [4.69, 9.17) is 0 Å².